The third-order valence-electron chi connectivity index (χ3n) is 3.20. The molecular formula is C17H16F3NO2S. The smallest absolute Gasteiger partial charge is 0.416 e. The van der Waals surface area contributed by atoms with Crippen LogP contribution in [0.1, 0.15) is 12.5 Å². The first-order valence-electron chi connectivity index (χ1n) is 7.08. The van der Waals surface area contributed by atoms with E-state index in [1.807, 2.05) is 12.1 Å². The van der Waals surface area contributed by atoms with Crippen molar-refractivity contribution in [2.75, 3.05) is 12.4 Å². The lowest BCUT2D eigenvalue weighted by Gasteiger charge is -2.13. The number of nitrogens with one attached hydrogen (secondary N) is 1. The Kier molecular flexibility index (Phi) is 5.77. The van der Waals surface area contributed by atoms with E-state index in [1.165, 1.54) is 23.9 Å². The molecule has 1 amide bonds. The standard InChI is InChI=1S/C17H16F3NO2S/c1-11(24-15-8-6-14(23-2)7-9-15)16(22)21-13-5-3-4-12(10-13)17(18,19)20/h3-11H,1-2H3,(H,21,22)/t11-/m1/s1. The summed E-state index contributed by atoms with van der Waals surface area (Å²) in [6, 6.07) is 11.8. The summed E-state index contributed by atoms with van der Waals surface area (Å²) in [6.07, 6.45) is -4.44. The van der Waals surface area contributed by atoms with Crippen molar-refractivity contribution in [1.29, 1.82) is 0 Å². The number of methoxy groups -OCH3 is 1. The van der Waals surface area contributed by atoms with Gasteiger partial charge in [-0.1, -0.05) is 6.07 Å². The summed E-state index contributed by atoms with van der Waals surface area (Å²) in [5.74, 6) is 0.343. The van der Waals surface area contributed by atoms with Gasteiger partial charge in [0.15, 0.2) is 0 Å². The van der Waals surface area contributed by atoms with Gasteiger partial charge in [-0.25, -0.2) is 0 Å². The number of benzene rings is 2. The molecule has 0 unspecified atom stereocenters. The monoisotopic (exact) mass is 355 g/mol. The van der Waals surface area contributed by atoms with Crippen molar-refractivity contribution >= 4 is 23.4 Å². The van der Waals surface area contributed by atoms with Gasteiger partial charge in [-0.15, -0.1) is 11.8 Å². The lowest BCUT2D eigenvalue weighted by molar-refractivity contribution is -0.137. The normalized spacial score (nSPS) is 12.5. The van der Waals surface area contributed by atoms with Gasteiger partial charge in [-0.3, -0.25) is 4.79 Å². The third-order valence-corrected chi connectivity index (χ3v) is 4.31. The van der Waals surface area contributed by atoms with Crippen LogP contribution in [0.5, 0.6) is 5.75 Å². The lowest BCUT2D eigenvalue weighted by atomic mass is 10.2. The van der Waals surface area contributed by atoms with Crippen molar-refractivity contribution in [2.45, 2.75) is 23.2 Å². The molecule has 2 rings (SSSR count). The third kappa shape index (κ3) is 4.92. The molecule has 0 saturated heterocycles. The van der Waals surface area contributed by atoms with Crippen molar-refractivity contribution in [3.8, 4) is 5.75 Å². The van der Waals surface area contributed by atoms with Crippen LogP contribution in [0.15, 0.2) is 53.4 Å². The Hall–Kier alpha value is -2.15. The van der Waals surface area contributed by atoms with Gasteiger partial charge < -0.3 is 10.1 Å². The van der Waals surface area contributed by atoms with Crippen molar-refractivity contribution in [2.24, 2.45) is 0 Å². The number of amides is 1. The van der Waals surface area contributed by atoms with E-state index in [1.54, 1.807) is 26.2 Å². The molecule has 24 heavy (non-hydrogen) atoms. The van der Waals surface area contributed by atoms with Crippen LogP contribution in [-0.4, -0.2) is 18.3 Å². The first-order chi connectivity index (χ1) is 11.3. The van der Waals surface area contributed by atoms with Crippen LogP contribution in [0.25, 0.3) is 0 Å². The largest absolute Gasteiger partial charge is 0.497 e. The number of alkyl halides is 3. The molecule has 0 fully saturated rings. The summed E-state index contributed by atoms with van der Waals surface area (Å²) in [4.78, 5) is 13.0. The van der Waals surface area contributed by atoms with Crippen LogP contribution in [0.2, 0.25) is 0 Å². The molecule has 0 saturated carbocycles. The summed E-state index contributed by atoms with van der Waals surface area (Å²) in [6.45, 7) is 1.69. The summed E-state index contributed by atoms with van der Waals surface area (Å²) in [5.41, 5.74) is -0.673. The second-order valence-corrected chi connectivity index (χ2v) is 6.42. The van der Waals surface area contributed by atoms with Crippen molar-refractivity contribution < 1.29 is 22.7 Å². The van der Waals surface area contributed by atoms with E-state index in [4.69, 9.17) is 4.74 Å². The zero-order chi connectivity index (χ0) is 17.7. The summed E-state index contributed by atoms with van der Waals surface area (Å²) >= 11 is 1.31. The Labute approximate surface area is 142 Å². The predicted octanol–water partition coefficient (Wildman–Crippen LogP) is 4.83. The lowest BCUT2D eigenvalue weighted by Crippen LogP contribution is -2.22. The van der Waals surface area contributed by atoms with E-state index in [0.717, 1.165) is 17.0 Å². The number of hydrogen-bond donors (Lipinski definition) is 1. The predicted molar refractivity (Wildman–Crippen MR) is 88.4 cm³/mol. The number of anilines is 1. The fourth-order valence-corrected chi connectivity index (χ4v) is 2.80. The minimum absolute atomic E-state index is 0.122. The summed E-state index contributed by atoms with van der Waals surface area (Å²) < 4.78 is 43.1. The average Bonchev–Trinajstić information content (AvgIpc) is 2.55. The van der Waals surface area contributed by atoms with E-state index >= 15 is 0 Å². The maximum atomic E-state index is 12.7. The quantitative estimate of drug-likeness (QED) is 0.781. The molecule has 0 aliphatic rings. The average molecular weight is 355 g/mol. The number of hydrogen-bond acceptors (Lipinski definition) is 3. The molecule has 0 aliphatic carbocycles. The summed E-state index contributed by atoms with van der Waals surface area (Å²) in [7, 11) is 1.56. The maximum absolute atomic E-state index is 12.7. The van der Waals surface area contributed by atoms with Crippen LogP contribution in [0.3, 0.4) is 0 Å². The van der Waals surface area contributed by atoms with E-state index < -0.39 is 17.0 Å². The molecule has 0 heterocycles. The highest BCUT2D eigenvalue weighted by Gasteiger charge is 2.30. The van der Waals surface area contributed by atoms with Gasteiger partial charge in [0, 0.05) is 10.6 Å². The highest BCUT2D eigenvalue weighted by atomic mass is 32.2. The molecule has 3 nitrogen and oxygen atoms in total. The van der Waals surface area contributed by atoms with E-state index in [9.17, 15) is 18.0 Å². The SMILES string of the molecule is COc1ccc(S[C@H](C)C(=O)Nc2cccc(C(F)(F)F)c2)cc1. The molecule has 7 heteroatoms. The molecule has 0 spiro atoms. The van der Waals surface area contributed by atoms with Gasteiger partial charge in [0.05, 0.1) is 17.9 Å². The van der Waals surface area contributed by atoms with Gasteiger partial charge in [0.2, 0.25) is 5.91 Å². The van der Waals surface area contributed by atoms with E-state index in [0.29, 0.717) is 5.75 Å². The molecule has 0 bridgehead atoms. The maximum Gasteiger partial charge on any atom is 0.416 e. The van der Waals surface area contributed by atoms with Crippen LogP contribution in [-0.2, 0) is 11.0 Å². The van der Waals surface area contributed by atoms with Crippen LogP contribution < -0.4 is 10.1 Å². The van der Waals surface area contributed by atoms with Crippen LogP contribution >= 0.6 is 11.8 Å². The fourth-order valence-electron chi connectivity index (χ4n) is 1.93. The Morgan fingerprint density at radius 2 is 1.83 bits per heavy atom. The number of carbonyl (C=O) groups is 1. The van der Waals surface area contributed by atoms with Gasteiger partial charge in [0.1, 0.15) is 5.75 Å². The fraction of sp³-hybridized carbons (Fsp3) is 0.235. The van der Waals surface area contributed by atoms with Crippen LogP contribution in [0, 0.1) is 0 Å². The van der Waals surface area contributed by atoms with Crippen molar-refractivity contribution in [1.82, 2.24) is 0 Å². The minimum atomic E-state index is -4.44. The molecule has 2 aromatic carbocycles. The first-order valence-corrected chi connectivity index (χ1v) is 7.96. The van der Waals surface area contributed by atoms with Gasteiger partial charge in [0.25, 0.3) is 0 Å². The van der Waals surface area contributed by atoms with E-state index in [-0.39, 0.29) is 11.6 Å². The van der Waals surface area contributed by atoms with Crippen molar-refractivity contribution in [3.05, 3.63) is 54.1 Å². The first kappa shape index (κ1) is 18.2. The number of thioether (sulfide) groups is 1. The number of ether oxygens (including phenoxy) is 1. The molecule has 0 aliphatic heterocycles. The minimum Gasteiger partial charge on any atom is -0.497 e. The Balaban J connectivity index is 2.00. The second kappa shape index (κ2) is 7.61. The summed E-state index contributed by atoms with van der Waals surface area (Å²) in [5, 5.41) is 2.05. The molecule has 128 valence electrons. The molecule has 2 aromatic rings. The number of halogens is 3. The Morgan fingerprint density at radius 3 is 2.42 bits per heavy atom. The number of carbonyl (C=O) groups excluding carboxylic acids is 1. The molecular weight excluding hydrogens is 339 g/mol. The topological polar surface area (TPSA) is 38.3 Å². The van der Waals surface area contributed by atoms with E-state index in [2.05, 4.69) is 5.32 Å². The van der Waals surface area contributed by atoms with Crippen LogP contribution in [0.4, 0.5) is 18.9 Å². The number of rotatable bonds is 5. The Morgan fingerprint density at radius 1 is 1.17 bits per heavy atom. The second-order valence-electron chi connectivity index (χ2n) is 5.00. The van der Waals surface area contributed by atoms with Gasteiger partial charge >= 0.3 is 6.18 Å². The molecule has 0 radical (unpaired) electrons. The molecule has 0 aromatic heterocycles. The highest BCUT2D eigenvalue weighted by molar-refractivity contribution is 8.00. The van der Waals surface area contributed by atoms with Gasteiger partial charge in [-0.05, 0) is 49.4 Å². The highest BCUT2D eigenvalue weighted by Crippen LogP contribution is 2.31. The zero-order valence-electron chi connectivity index (χ0n) is 13.1. The zero-order valence-corrected chi connectivity index (χ0v) is 13.9. The van der Waals surface area contributed by atoms with Gasteiger partial charge in [-0.2, -0.15) is 13.2 Å². The molecule has 1 atom stereocenters. The molecule has 1 N–H and O–H groups in total. The Bertz CT molecular complexity index is 702. The van der Waals surface area contributed by atoms with Crippen molar-refractivity contribution in [3.63, 3.8) is 0 Å².